The lowest BCUT2D eigenvalue weighted by Crippen LogP contribution is -2.03. The Morgan fingerprint density at radius 3 is 2.17 bits per heavy atom. The van der Waals surface area contributed by atoms with Crippen LogP contribution < -0.4 is 0 Å². The molecule has 0 aliphatic rings. The maximum atomic E-state index is 11.2. The maximum Gasteiger partial charge on any atom is 0.341 e. The minimum absolute atomic E-state index is 0.332. The van der Waals surface area contributed by atoms with Crippen LogP contribution in [0.3, 0.4) is 0 Å². The molecule has 0 saturated carbocycles. The van der Waals surface area contributed by atoms with Crippen LogP contribution in [0.5, 0.6) is 0 Å². The minimum Gasteiger partial charge on any atom is -0.465 e. The van der Waals surface area contributed by atoms with Crippen molar-refractivity contribution in [3.05, 3.63) is 22.6 Å². The molecule has 0 aliphatic heterocycles. The quantitative estimate of drug-likeness (QED) is 0.602. The van der Waals surface area contributed by atoms with E-state index in [9.17, 15) is 4.79 Å². The van der Waals surface area contributed by atoms with Gasteiger partial charge in [-0.25, -0.2) is 4.79 Å². The van der Waals surface area contributed by atoms with Crippen LogP contribution in [0, 0.1) is 20.8 Å². The Bertz CT molecular complexity index is 310. The van der Waals surface area contributed by atoms with E-state index in [0.717, 1.165) is 11.3 Å². The molecule has 0 spiro atoms. The molecule has 1 heterocycles. The van der Waals surface area contributed by atoms with Crippen molar-refractivity contribution in [1.29, 1.82) is 0 Å². The summed E-state index contributed by atoms with van der Waals surface area (Å²) in [6.45, 7) is 5.43. The molecule has 3 nitrogen and oxygen atoms in total. The second-order valence-electron chi connectivity index (χ2n) is 2.71. The smallest absolute Gasteiger partial charge is 0.341 e. The van der Waals surface area contributed by atoms with Crippen LogP contribution in [-0.4, -0.2) is 13.1 Å². The Morgan fingerprint density at radius 2 is 1.83 bits per heavy atom. The Hall–Kier alpha value is -1.25. The number of aryl methyl sites for hydroxylation is 2. The summed E-state index contributed by atoms with van der Waals surface area (Å²) in [6.07, 6.45) is 0. The number of carbonyl (C=O) groups is 1. The van der Waals surface area contributed by atoms with Gasteiger partial charge in [-0.05, 0) is 20.8 Å². The summed E-state index contributed by atoms with van der Waals surface area (Å²) in [5.74, 6) is 1.06. The lowest BCUT2D eigenvalue weighted by molar-refractivity contribution is 0.0598. The van der Waals surface area contributed by atoms with Gasteiger partial charge in [0.05, 0.1) is 7.11 Å². The summed E-state index contributed by atoms with van der Waals surface area (Å²) in [5, 5.41) is 0. The van der Waals surface area contributed by atoms with E-state index in [1.165, 1.54) is 7.11 Å². The highest BCUT2D eigenvalue weighted by molar-refractivity contribution is 5.92. The van der Waals surface area contributed by atoms with Crippen LogP contribution in [0.4, 0.5) is 0 Å². The molecule has 0 aliphatic carbocycles. The van der Waals surface area contributed by atoms with Crippen molar-refractivity contribution < 1.29 is 13.9 Å². The minimum atomic E-state index is -0.332. The van der Waals surface area contributed by atoms with E-state index >= 15 is 0 Å². The fourth-order valence-electron chi connectivity index (χ4n) is 1.20. The molecule has 0 aromatic carbocycles. The molecule has 0 bridgehead atoms. The monoisotopic (exact) mass is 168 g/mol. The highest BCUT2D eigenvalue weighted by atomic mass is 16.5. The van der Waals surface area contributed by atoms with Gasteiger partial charge >= 0.3 is 5.97 Å². The average Bonchev–Trinajstić information content (AvgIpc) is 2.26. The Morgan fingerprint density at radius 1 is 1.25 bits per heavy atom. The molecule has 0 N–H and O–H groups in total. The van der Waals surface area contributed by atoms with E-state index in [4.69, 9.17) is 4.42 Å². The van der Waals surface area contributed by atoms with E-state index in [-0.39, 0.29) is 5.97 Å². The van der Waals surface area contributed by atoms with E-state index in [1.807, 2.05) is 13.8 Å². The van der Waals surface area contributed by atoms with E-state index < -0.39 is 0 Å². The van der Waals surface area contributed by atoms with Gasteiger partial charge in [-0.3, -0.25) is 0 Å². The van der Waals surface area contributed by atoms with Crippen molar-refractivity contribution >= 4 is 5.97 Å². The zero-order valence-electron chi connectivity index (χ0n) is 7.72. The first-order valence-electron chi connectivity index (χ1n) is 3.72. The van der Waals surface area contributed by atoms with Crippen molar-refractivity contribution in [2.45, 2.75) is 20.8 Å². The summed E-state index contributed by atoms with van der Waals surface area (Å²) in [4.78, 5) is 11.2. The van der Waals surface area contributed by atoms with Gasteiger partial charge in [0.1, 0.15) is 17.1 Å². The number of rotatable bonds is 1. The average molecular weight is 168 g/mol. The van der Waals surface area contributed by atoms with Crippen molar-refractivity contribution in [2.75, 3.05) is 7.11 Å². The highest BCUT2D eigenvalue weighted by Gasteiger charge is 2.18. The Kier molecular flexibility index (Phi) is 2.22. The van der Waals surface area contributed by atoms with Crippen LogP contribution in [0.25, 0.3) is 0 Å². The molecule has 12 heavy (non-hydrogen) atoms. The molecule has 1 aromatic rings. The van der Waals surface area contributed by atoms with Gasteiger partial charge in [-0.15, -0.1) is 0 Å². The normalized spacial score (nSPS) is 10.0. The second kappa shape index (κ2) is 3.01. The zero-order chi connectivity index (χ0) is 9.30. The Labute approximate surface area is 71.3 Å². The SMILES string of the molecule is COC(=O)c1c(C)oc(C)c1C. The molecule has 1 rings (SSSR count). The van der Waals surface area contributed by atoms with Gasteiger partial charge in [0.15, 0.2) is 0 Å². The van der Waals surface area contributed by atoms with Gasteiger partial charge in [0.2, 0.25) is 0 Å². The van der Waals surface area contributed by atoms with Crippen LogP contribution >= 0.6 is 0 Å². The maximum absolute atomic E-state index is 11.2. The third-order valence-electron chi connectivity index (χ3n) is 1.95. The molecule has 0 amide bonds. The molecular weight excluding hydrogens is 156 g/mol. The molecule has 0 saturated heterocycles. The van der Waals surface area contributed by atoms with E-state index in [2.05, 4.69) is 4.74 Å². The third-order valence-corrected chi connectivity index (χ3v) is 1.95. The first-order chi connectivity index (χ1) is 5.57. The summed E-state index contributed by atoms with van der Waals surface area (Å²) < 4.78 is 9.88. The molecule has 0 unspecified atom stereocenters. The molecule has 0 radical (unpaired) electrons. The number of esters is 1. The molecule has 0 fully saturated rings. The largest absolute Gasteiger partial charge is 0.465 e. The Balaban J connectivity index is 3.22. The number of carbonyl (C=O) groups excluding carboxylic acids is 1. The summed E-state index contributed by atoms with van der Waals surface area (Å²) in [7, 11) is 1.36. The number of furan rings is 1. The fourth-order valence-corrected chi connectivity index (χ4v) is 1.20. The predicted octanol–water partition coefficient (Wildman–Crippen LogP) is 1.99. The number of ether oxygens (including phenoxy) is 1. The fraction of sp³-hybridized carbons (Fsp3) is 0.444. The van der Waals surface area contributed by atoms with Gasteiger partial charge in [0.25, 0.3) is 0 Å². The molecule has 66 valence electrons. The third kappa shape index (κ3) is 1.22. The van der Waals surface area contributed by atoms with Crippen molar-refractivity contribution in [3.8, 4) is 0 Å². The second-order valence-corrected chi connectivity index (χ2v) is 2.71. The summed E-state index contributed by atoms with van der Waals surface area (Å²) in [5.41, 5.74) is 1.41. The first-order valence-corrected chi connectivity index (χ1v) is 3.72. The van der Waals surface area contributed by atoms with Gasteiger partial charge < -0.3 is 9.15 Å². The van der Waals surface area contributed by atoms with Gasteiger partial charge in [-0.1, -0.05) is 0 Å². The number of hydrogen-bond acceptors (Lipinski definition) is 3. The van der Waals surface area contributed by atoms with Gasteiger partial charge in [0, 0.05) is 5.56 Å². The summed E-state index contributed by atoms with van der Waals surface area (Å²) in [6, 6.07) is 0. The topological polar surface area (TPSA) is 39.4 Å². The van der Waals surface area contributed by atoms with Crippen molar-refractivity contribution in [1.82, 2.24) is 0 Å². The van der Waals surface area contributed by atoms with Crippen LogP contribution in [0.1, 0.15) is 27.4 Å². The highest BCUT2D eigenvalue weighted by Crippen LogP contribution is 2.20. The lowest BCUT2D eigenvalue weighted by Gasteiger charge is -1.96. The number of methoxy groups -OCH3 is 1. The zero-order valence-corrected chi connectivity index (χ0v) is 7.72. The molecular formula is C9H12O3. The first kappa shape index (κ1) is 8.84. The van der Waals surface area contributed by atoms with Crippen molar-refractivity contribution in [2.24, 2.45) is 0 Å². The lowest BCUT2D eigenvalue weighted by atomic mass is 10.1. The molecule has 1 aromatic heterocycles. The standard InChI is InChI=1S/C9H12O3/c1-5-6(2)12-7(3)8(5)9(10)11-4/h1-4H3. The van der Waals surface area contributed by atoms with Crippen molar-refractivity contribution in [3.63, 3.8) is 0 Å². The van der Waals surface area contributed by atoms with E-state index in [1.54, 1.807) is 6.92 Å². The van der Waals surface area contributed by atoms with Gasteiger partial charge in [-0.2, -0.15) is 0 Å². The summed E-state index contributed by atoms with van der Waals surface area (Å²) >= 11 is 0. The van der Waals surface area contributed by atoms with Crippen LogP contribution in [0.2, 0.25) is 0 Å². The molecule has 3 heteroatoms. The number of hydrogen-bond donors (Lipinski definition) is 0. The van der Waals surface area contributed by atoms with E-state index in [0.29, 0.717) is 11.3 Å². The molecule has 0 atom stereocenters. The van der Waals surface area contributed by atoms with Crippen LogP contribution in [-0.2, 0) is 4.74 Å². The predicted molar refractivity (Wildman–Crippen MR) is 44.3 cm³/mol. The van der Waals surface area contributed by atoms with Crippen LogP contribution in [0.15, 0.2) is 4.42 Å².